The van der Waals surface area contributed by atoms with E-state index in [1.807, 2.05) is 4.68 Å². The van der Waals surface area contributed by atoms with Gasteiger partial charge in [-0.15, -0.1) is 24.0 Å². The first-order valence-electron chi connectivity index (χ1n) is 9.82. The fourth-order valence-corrected chi connectivity index (χ4v) is 2.57. The zero-order chi connectivity index (χ0) is 19.2. The van der Waals surface area contributed by atoms with Crippen LogP contribution >= 0.6 is 24.0 Å². The molecule has 0 aliphatic heterocycles. The van der Waals surface area contributed by atoms with Crippen molar-refractivity contribution in [3.05, 3.63) is 48.0 Å². The minimum atomic E-state index is 0. The lowest BCUT2D eigenvalue weighted by molar-refractivity contribution is 0.129. The lowest BCUT2D eigenvalue weighted by Gasteiger charge is -2.11. The second-order valence-electron chi connectivity index (χ2n) is 6.35. The molecule has 7 nitrogen and oxygen atoms in total. The van der Waals surface area contributed by atoms with Gasteiger partial charge in [0, 0.05) is 26.3 Å². The van der Waals surface area contributed by atoms with Crippen LogP contribution in [0.3, 0.4) is 0 Å². The van der Waals surface area contributed by atoms with Crippen LogP contribution in [0.15, 0.2) is 41.9 Å². The summed E-state index contributed by atoms with van der Waals surface area (Å²) < 4.78 is 7.41. The first-order chi connectivity index (χ1) is 13.3. The van der Waals surface area contributed by atoms with Gasteiger partial charge in [-0.1, -0.05) is 37.6 Å². The van der Waals surface area contributed by atoms with E-state index < -0.39 is 0 Å². The monoisotopic (exact) mass is 500 g/mol. The standard InChI is InChI=1S/C20H32N6O.HI/c1-3-5-11-27-12-7-10-23-20(22-4-2)24-14-18-8-6-9-19(13-18)15-26-17-21-16-25-26;/h6,8-9,13,16-17H,3-5,7,10-12,14-15H2,1-2H3,(H2,22,23,24);1H. The Bertz CT molecular complexity index is 662. The van der Waals surface area contributed by atoms with E-state index in [-0.39, 0.29) is 24.0 Å². The van der Waals surface area contributed by atoms with E-state index >= 15 is 0 Å². The highest BCUT2D eigenvalue weighted by atomic mass is 127. The van der Waals surface area contributed by atoms with Crippen molar-refractivity contribution in [3.63, 3.8) is 0 Å². The van der Waals surface area contributed by atoms with E-state index in [9.17, 15) is 0 Å². The molecular formula is C20H33IN6O. The van der Waals surface area contributed by atoms with Crippen LogP contribution in [0.4, 0.5) is 0 Å². The fourth-order valence-electron chi connectivity index (χ4n) is 2.57. The van der Waals surface area contributed by atoms with Crippen LogP contribution in [0.1, 0.15) is 44.2 Å². The largest absolute Gasteiger partial charge is 0.381 e. The molecule has 2 rings (SSSR count). The summed E-state index contributed by atoms with van der Waals surface area (Å²) >= 11 is 0. The van der Waals surface area contributed by atoms with Crippen molar-refractivity contribution in [2.45, 2.75) is 46.2 Å². The third kappa shape index (κ3) is 10.0. The number of halogens is 1. The molecule has 1 aromatic heterocycles. The van der Waals surface area contributed by atoms with Crippen molar-refractivity contribution in [1.82, 2.24) is 25.4 Å². The van der Waals surface area contributed by atoms with Crippen LogP contribution in [0.2, 0.25) is 0 Å². The molecular weight excluding hydrogens is 467 g/mol. The van der Waals surface area contributed by atoms with Gasteiger partial charge in [-0.2, -0.15) is 5.10 Å². The summed E-state index contributed by atoms with van der Waals surface area (Å²) in [5.74, 6) is 0.840. The number of aromatic nitrogens is 3. The van der Waals surface area contributed by atoms with Crippen molar-refractivity contribution in [1.29, 1.82) is 0 Å². The van der Waals surface area contributed by atoms with Crippen molar-refractivity contribution in [3.8, 4) is 0 Å². The second-order valence-corrected chi connectivity index (χ2v) is 6.35. The van der Waals surface area contributed by atoms with E-state index in [0.29, 0.717) is 13.1 Å². The summed E-state index contributed by atoms with van der Waals surface area (Å²) in [5, 5.41) is 10.8. The minimum Gasteiger partial charge on any atom is -0.381 e. The molecule has 0 atom stereocenters. The van der Waals surface area contributed by atoms with Gasteiger partial charge < -0.3 is 15.4 Å². The maximum Gasteiger partial charge on any atom is 0.191 e. The number of guanidine groups is 1. The van der Waals surface area contributed by atoms with Gasteiger partial charge in [0.2, 0.25) is 0 Å². The Labute approximate surface area is 185 Å². The summed E-state index contributed by atoms with van der Waals surface area (Å²) in [6.07, 6.45) is 6.56. The van der Waals surface area contributed by atoms with Crippen molar-refractivity contribution < 1.29 is 4.74 Å². The first-order valence-corrected chi connectivity index (χ1v) is 9.82. The van der Waals surface area contributed by atoms with Crippen LogP contribution in [0.5, 0.6) is 0 Å². The molecule has 2 aromatic rings. The van der Waals surface area contributed by atoms with Crippen LogP contribution in [-0.2, 0) is 17.8 Å². The van der Waals surface area contributed by atoms with Gasteiger partial charge in [-0.05, 0) is 30.9 Å². The van der Waals surface area contributed by atoms with Crippen LogP contribution < -0.4 is 10.6 Å². The normalized spacial score (nSPS) is 11.1. The highest BCUT2D eigenvalue weighted by Crippen LogP contribution is 2.08. The van der Waals surface area contributed by atoms with Crippen LogP contribution in [0.25, 0.3) is 0 Å². The molecule has 0 unspecified atom stereocenters. The van der Waals surface area contributed by atoms with E-state index in [1.54, 1.807) is 12.7 Å². The average Bonchev–Trinajstić information content (AvgIpc) is 3.18. The number of ether oxygens (including phenoxy) is 1. The number of hydrogen-bond donors (Lipinski definition) is 2. The third-order valence-electron chi connectivity index (χ3n) is 3.97. The molecule has 0 aliphatic rings. The zero-order valence-electron chi connectivity index (χ0n) is 16.9. The SMILES string of the molecule is CCCCOCCCNC(=NCc1cccc(Cn2cncn2)c1)NCC.I. The summed E-state index contributed by atoms with van der Waals surface area (Å²) in [7, 11) is 0. The number of rotatable bonds is 12. The van der Waals surface area contributed by atoms with E-state index in [1.165, 1.54) is 17.5 Å². The molecule has 28 heavy (non-hydrogen) atoms. The molecule has 0 spiro atoms. The molecule has 0 saturated carbocycles. The number of nitrogens with zero attached hydrogens (tertiary/aromatic N) is 4. The molecule has 0 saturated heterocycles. The molecule has 0 fully saturated rings. The van der Waals surface area contributed by atoms with Crippen molar-refractivity contribution in [2.75, 3.05) is 26.3 Å². The Balaban J connectivity index is 0.00000392. The van der Waals surface area contributed by atoms with Crippen LogP contribution in [-0.4, -0.2) is 47.0 Å². The minimum absolute atomic E-state index is 0. The molecule has 156 valence electrons. The Morgan fingerprint density at radius 1 is 1.14 bits per heavy atom. The van der Waals surface area contributed by atoms with Gasteiger partial charge in [0.25, 0.3) is 0 Å². The molecule has 0 radical (unpaired) electrons. The predicted octanol–water partition coefficient (Wildman–Crippen LogP) is 3.21. The molecule has 1 heterocycles. The second kappa shape index (κ2) is 15.3. The summed E-state index contributed by atoms with van der Waals surface area (Å²) in [6.45, 7) is 8.93. The molecule has 0 aliphatic carbocycles. The summed E-state index contributed by atoms with van der Waals surface area (Å²) in [6, 6.07) is 8.41. The van der Waals surface area contributed by atoms with Crippen molar-refractivity contribution in [2.24, 2.45) is 4.99 Å². The lowest BCUT2D eigenvalue weighted by Crippen LogP contribution is -2.38. The highest BCUT2D eigenvalue weighted by molar-refractivity contribution is 14.0. The first kappa shape index (κ1) is 24.4. The third-order valence-corrected chi connectivity index (χ3v) is 3.97. The zero-order valence-corrected chi connectivity index (χ0v) is 19.3. The number of hydrogen-bond acceptors (Lipinski definition) is 4. The van der Waals surface area contributed by atoms with Crippen molar-refractivity contribution >= 4 is 29.9 Å². The lowest BCUT2D eigenvalue weighted by atomic mass is 10.1. The van der Waals surface area contributed by atoms with Gasteiger partial charge >= 0.3 is 0 Å². The number of benzene rings is 1. The topological polar surface area (TPSA) is 76.4 Å². The number of unbranched alkanes of at least 4 members (excludes halogenated alkanes) is 1. The van der Waals surface area contributed by atoms with Gasteiger partial charge in [-0.25, -0.2) is 14.7 Å². The maximum absolute atomic E-state index is 5.59. The summed E-state index contributed by atoms with van der Waals surface area (Å²) in [4.78, 5) is 8.67. The molecule has 0 amide bonds. The van der Waals surface area contributed by atoms with Gasteiger partial charge in [0.05, 0.1) is 13.1 Å². The van der Waals surface area contributed by atoms with E-state index in [2.05, 4.69) is 63.8 Å². The van der Waals surface area contributed by atoms with Crippen LogP contribution in [0, 0.1) is 0 Å². The summed E-state index contributed by atoms with van der Waals surface area (Å²) in [5.41, 5.74) is 2.36. The number of aliphatic imine (C=N–C) groups is 1. The molecule has 2 N–H and O–H groups in total. The fraction of sp³-hybridized carbons (Fsp3) is 0.550. The average molecular weight is 500 g/mol. The smallest absolute Gasteiger partial charge is 0.191 e. The quantitative estimate of drug-likeness (QED) is 0.203. The van der Waals surface area contributed by atoms with E-state index in [4.69, 9.17) is 4.74 Å². The van der Waals surface area contributed by atoms with Gasteiger partial charge in [-0.3, -0.25) is 0 Å². The molecule has 1 aromatic carbocycles. The van der Waals surface area contributed by atoms with Gasteiger partial charge in [0.1, 0.15) is 12.7 Å². The highest BCUT2D eigenvalue weighted by Gasteiger charge is 2.00. The Kier molecular flexibility index (Phi) is 13.3. The molecule has 0 bridgehead atoms. The maximum atomic E-state index is 5.59. The van der Waals surface area contributed by atoms with E-state index in [0.717, 1.165) is 45.1 Å². The number of nitrogens with one attached hydrogen (secondary N) is 2. The Morgan fingerprint density at radius 2 is 1.96 bits per heavy atom. The Morgan fingerprint density at radius 3 is 2.71 bits per heavy atom. The Hall–Kier alpha value is -1.68. The predicted molar refractivity (Wildman–Crippen MR) is 124 cm³/mol. The van der Waals surface area contributed by atoms with Gasteiger partial charge in [0.15, 0.2) is 5.96 Å². The molecule has 8 heteroatoms.